The Labute approximate surface area is 208 Å². The van der Waals surface area contributed by atoms with E-state index in [1.54, 1.807) is 0 Å². The molecule has 0 aliphatic heterocycles. The van der Waals surface area contributed by atoms with E-state index in [2.05, 4.69) is 48.5 Å². The van der Waals surface area contributed by atoms with Gasteiger partial charge in [0.25, 0.3) is 0 Å². The van der Waals surface area contributed by atoms with Gasteiger partial charge in [0.15, 0.2) is 0 Å². The second kappa shape index (κ2) is 8.51. The van der Waals surface area contributed by atoms with Crippen LogP contribution in [0.15, 0.2) is 0 Å². The van der Waals surface area contributed by atoms with Crippen LogP contribution in [0, 0.1) is 45.3 Å². The molecule has 4 aliphatic rings. The quantitative estimate of drug-likeness (QED) is 0.345. The van der Waals surface area contributed by atoms with Crippen LogP contribution in [0.25, 0.3) is 0 Å². The Morgan fingerprint density at radius 1 is 1.00 bits per heavy atom. The van der Waals surface area contributed by atoms with Crippen molar-refractivity contribution in [3.05, 3.63) is 0 Å². The lowest BCUT2D eigenvalue weighted by Crippen LogP contribution is -2.58. The molecule has 0 aromatic heterocycles. The van der Waals surface area contributed by atoms with Gasteiger partial charge >= 0.3 is 11.9 Å². The molecule has 4 heteroatoms. The Hall–Kier alpha value is -1.06. The van der Waals surface area contributed by atoms with E-state index >= 15 is 0 Å². The number of carbonyl (C=O) groups is 2. The molecular weight excluding hydrogens is 424 g/mol. The van der Waals surface area contributed by atoms with Gasteiger partial charge in [-0.3, -0.25) is 9.59 Å². The molecule has 1 spiro atoms. The molecule has 0 aromatic carbocycles. The molecular formula is C30H50O4. The third-order valence-electron chi connectivity index (χ3n) is 11.5. The lowest BCUT2D eigenvalue weighted by Gasteiger charge is -2.63. The first-order valence-corrected chi connectivity index (χ1v) is 14.1. The molecule has 0 saturated heterocycles. The highest BCUT2D eigenvalue weighted by molar-refractivity contribution is 5.75. The zero-order chi connectivity index (χ0) is 25.2. The third kappa shape index (κ3) is 3.94. The van der Waals surface area contributed by atoms with Crippen LogP contribution in [0.5, 0.6) is 0 Å². The number of carbonyl (C=O) groups excluding carboxylic acids is 2. The van der Waals surface area contributed by atoms with Crippen LogP contribution < -0.4 is 0 Å². The molecule has 7 atom stereocenters. The first-order chi connectivity index (χ1) is 15.8. The molecule has 2 bridgehead atoms. The fourth-order valence-corrected chi connectivity index (χ4v) is 9.88. The summed E-state index contributed by atoms with van der Waals surface area (Å²) in [4.78, 5) is 26.1. The van der Waals surface area contributed by atoms with Crippen molar-refractivity contribution in [3.63, 3.8) is 0 Å². The van der Waals surface area contributed by atoms with Crippen molar-refractivity contribution in [1.29, 1.82) is 0 Å². The van der Waals surface area contributed by atoms with Crippen molar-refractivity contribution in [2.24, 2.45) is 45.3 Å². The molecule has 0 heterocycles. The molecule has 0 radical (unpaired) electrons. The topological polar surface area (TPSA) is 52.6 Å². The van der Waals surface area contributed by atoms with Crippen LogP contribution in [0.3, 0.4) is 0 Å². The Bertz CT molecular complexity index is 815. The smallest absolute Gasteiger partial charge is 0.309 e. The molecule has 0 amide bonds. The summed E-state index contributed by atoms with van der Waals surface area (Å²) in [5, 5.41) is 0. The number of ether oxygens (including phenoxy) is 2. The van der Waals surface area contributed by atoms with E-state index in [1.165, 1.54) is 20.0 Å². The van der Waals surface area contributed by atoms with Crippen molar-refractivity contribution >= 4 is 11.9 Å². The molecule has 4 rings (SSSR count). The molecule has 4 aliphatic carbocycles. The van der Waals surface area contributed by atoms with Crippen LogP contribution in [-0.2, 0) is 19.1 Å². The van der Waals surface area contributed by atoms with E-state index in [0.717, 1.165) is 57.3 Å². The highest BCUT2D eigenvalue weighted by Crippen LogP contribution is 2.80. The SMILES string of the molecule is CCC1(CC(=O)OC)CCCC(CC)(OC(=O)C2CC34CC2C(C(C)(C)CC)C3C(C)(C)C4)C1. The second-order valence-electron chi connectivity index (χ2n) is 14.1. The summed E-state index contributed by atoms with van der Waals surface area (Å²) < 4.78 is 11.6. The summed E-state index contributed by atoms with van der Waals surface area (Å²) in [5.41, 5.74) is 0.443. The Balaban J connectivity index is 1.55. The number of hydrogen-bond acceptors (Lipinski definition) is 4. The molecule has 0 N–H and O–H groups in total. The third-order valence-corrected chi connectivity index (χ3v) is 11.5. The molecule has 7 unspecified atom stereocenters. The van der Waals surface area contributed by atoms with Crippen LogP contribution in [0.2, 0.25) is 0 Å². The van der Waals surface area contributed by atoms with Gasteiger partial charge in [0.2, 0.25) is 0 Å². The Kier molecular flexibility index (Phi) is 6.51. The van der Waals surface area contributed by atoms with Crippen molar-refractivity contribution in [3.8, 4) is 0 Å². The predicted octanol–water partition coefficient (Wildman–Crippen LogP) is 7.34. The maximum absolute atomic E-state index is 13.9. The van der Waals surface area contributed by atoms with Crippen molar-refractivity contribution in [1.82, 2.24) is 0 Å². The standard InChI is InChI=1S/C30H50O4/c1-9-26(4,5)23-20-15-29(18-27(6,7)24(23)29)16-21(20)25(32)34-30(11-3)14-12-13-28(10-2,19-30)17-22(31)33-8/h20-21,23-24H,9-19H2,1-8H3. The number of esters is 2. The minimum absolute atomic E-state index is 0.0464. The summed E-state index contributed by atoms with van der Waals surface area (Å²) in [6.45, 7) is 16.4. The summed E-state index contributed by atoms with van der Waals surface area (Å²) in [6, 6.07) is 0. The van der Waals surface area contributed by atoms with Gasteiger partial charge in [0.1, 0.15) is 5.60 Å². The average Bonchev–Trinajstić information content (AvgIpc) is 3.31. The van der Waals surface area contributed by atoms with Gasteiger partial charge < -0.3 is 9.47 Å². The van der Waals surface area contributed by atoms with Crippen LogP contribution in [-0.4, -0.2) is 24.6 Å². The number of rotatable bonds is 8. The minimum atomic E-state index is -0.438. The largest absolute Gasteiger partial charge is 0.469 e. The van der Waals surface area contributed by atoms with E-state index in [1.807, 2.05) is 0 Å². The number of hydrogen-bond donors (Lipinski definition) is 0. The molecule has 194 valence electrons. The lowest BCUT2D eigenvalue weighted by atomic mass is 9.41. The fraction of sp³-hybridized carbons (Fsp3) is 0.933. The van der Waals surface area contributed by atoms with Gasteiger partial charge in [-0.2, -0.15) is 0 Å². The van der Waals surface area contributed by atoms with E-state index in [0.29, 0.717) is 29.1 Å². The Morgan fingerprint density at radius 3 is 2.26 bits per heavy atom. The van der Waals surface area contributed by atoms with Crippen molar-refractivity contribution < 1.29 is 19.1 Å². The predicted molar refractivity (Wildman–Crippen MR) is 135 cm³/mol. The van der Waals surface area contributed by atoms with Gasteiger partial charge in [-0.15, -0.1) is 0 Å². The first-order valence-electron chi connectivity index (χ1n) is 14.1. The normalized spacial score (nSPS) is 42.6. The highest BCUT2D eigenvalue weighted by Gasteiger charge is 2.74. The van der Waals surface area contributed by atoms with Gasteiger partial charge in [0.05, 0.1) is 19.4 Å². The first kappa shape index (κ1) is 26.0. The van der Waals surface area contributed by atoms with E-state index in [-0.39, 0.29) is 28.7 Å². The van der Waals surface area contributed by atoms with Crippen LogP contribution in [0.1, 0.15) is 119 Å². The maximum atomic E-state index is 13.9. The monoisotopic (exact) mass is 474 g/mol. The van der Waals surface area contributed by atoms with E-state index < -0.39 is 5.60 Å². The lowest BCUT2D eigenvalue weighted by molar-refractivity contribution is -0.191. The van der Waals surface area contributed by atoms with Crippen LogP contribution in [0.4, 0.5) is 0 Å². The van der Waals surface area contributed by atoms with E-state index in [9.17, 15) is 9.59 Å². The Morgan fingerprint density at radius 2 is 1.71 bits per heavy atom. The molecule has 34 heavy (non-hydrogen) atoms. The molecule has 4 saturated carbocycles. The summed E-state index contributed by atoms with van der Waals surface area (Å²) in [7, 11) is 1.47. The van der Waals surface area contributed by atoms with Gasteiger partial charge in [-0.25, -0.2) is 0 Å². The van der Waals surface area contributed by atoms with E-state index in [4.69, 9.17) is 9.47 Å². The molecule has 0 aromatic rings. The number of fused-ring (bicyclic) bond motifs is 1. The highest BCUT2D eigenvalue weighted by atomic mass is 16.6. The van der Waals surface area contributed by atoms with Gasteiger partial charge in [-0.1, -0.05) is 54.9 Å². The van der Waals surface area contributed by atoms with Crippen molar-refractivity contribution in [2.75, 3.05) is 7.11 Å². The van der Waals surface area contributed by atoms with Crippen LogP contribution >= 0.6 is 0 Å². The summed E-state index contributed by atoms with van der Waals surface area (Å²) >= 11 is 0. The molecule has 4 fully saturated rings. The summed E-state index contributed by atoms with van der Waals surface area (Å²) in [6.07, 6.45) is 10.6. The zero-order valence-corrected chi connectivity index (χ0v) is 23.2. The second-order valence-corrected chi connectivity index (χ2v) is 14.1. The number of methoxy groups -OCH3 is 1. The van der Waals surface area contributed by atoms with Gasteiger partial charge in [-0.05, 0) is 97.2 Å². The minimum Gasteiger partial charge on any atom is -0.469 e. The van der Waals surface area contributed by atoms with Gasteiger partial charge in [0, 0.05) is 0 Å². The zero-order valence-electron chi connectivity index (χ0n) is 23.2. The summed E-state index contributed by atoms with van der Waals surface area (Å²) in [5.74, 6) is 1.77. The maximum Gasteiger partial charge on any atom is 0.309 e. The van der Waals surface area contributed by atoms with Crippen molar-refractivity contribution in [2.45, 2.75) is 125 Å². The average molecular weight is 475 g/mol. The fourth-order valence-electron chi connectivity index (χ4n) is 9.88. The molecule has 4 nitrogen and oxygen atoms in total.